The number of fused-ring (bicyclic) bond motifs is 1. The number of hydrogen-bond donors (Lipinski definition) is 1. The van der Waals surface area contributed by atoms with E-state index >= 15 is 0 Å². The number of imidazole rings is 1. The molecule has 2 aromatic heterocycles. The van der Waals surface area contributed by atoms with Crippen LogP contribution in [0.4, 0.5) is 0 Å². The Morgan fingerprint density at radius 3 is 2.90 bits per heavy atom. The Kier molecular flexibility index (Phi) is 4.36. The Morgan fingerprint density at radius 1 is 1.55 bits per heavy atom. The topological polar surface area (TPSA) is 74.9 Å². The van der Waals surface area contributed by atoms with Crippen LogP contribution in [-0.4, -0.2) is 37.1 Å². The van der Waals surface area contributed by atoms with Gasteiger partial charge in [-0.05, 0) is 0 Å². The maximum atomic E-state index is 11.7. The van der Waals surface area contributed by atoms with Crippen molar-refractivity contribution in [1.29, 1.82) is 0 Å². The van der Waals surface area contributed by atoms with E-state index < -0.39 is 0 Å². The first-order chi connectivity index (χ1) is 9.07. The zero-order chi connectivity index (χ0) is 13.5. The Labute approximate surface area is 127 Å². The molecular formula is C14H16LiN3O2-2. The monoisotopic (exact) mass is 265 g/mol. The van der Waals surface area contributed by atoms with Gasteiger partial charge in [-0.3, -0.25) is 0 Å². The van der Waals surface area contributed by atoms with Crippen molar-refractivity contribution >= 4 is 27.8 Å². The molecule has 102 valence electrons. The van der Waals surface area contributed by atoms with Crippen LogP contribution in [0.15, 0.2) is 24.7 Å². The van der Waals surface area contributed by atoms with E-state index in [4.69, 9.17) is 0 Å². The number of aromatic nitrogens is 2. The molecule has 1 aliphatic rings. The summed E-state index contributed by atoms with van der Waals surface area (Å²) < 4.78 is 1.99. The molecule has 0 unspecified atom stereocenters. The van der Waals surface area contributed by atoms with E-state index in [-0.39, 0.29) is 15.5 Å². The van der Waals surface area contributed by atoms with Gasteiger partial charge < -0.3 is 5.48 Å². The van der Waals surface area contributed by atoms with Crippen LogP contribution >= 0.6 is 0 Å². The molecule has 1 aliphatic carbocycles. The minimum Gasteiger partial charge on any atom is -2.00 e. The van der Waals surface area contributed by atoms with E-state index in [2.05, 4.69) is 17.2 Å². The van der Waals surface area contributed by atoms with Gasteiger partial charge in [0.25, 0.3) is 0 Å². The van der Waals surface area contributed by atoms with Crippen molar-refractivity contribution in [2.75, 3.05) is 0 Å². The molecule has 0 aromatic carbocycles. The molecule has 6 heteroatoms. The van der Waals surface area contributed by atoms with Crippen LogP contribution in [0.2, 0.25) is 0 Å². The molecule has 1 N–H and O–H groups in total. The van der Waals surface area contributed by atoms with Crippen LogP contribution in [0.5, 0.6) is 0 Å². The molecule has 0 spiro atoms. The van der Waals surface area contributed by atoms with Gasteiger partial charge in [-0.2, -0.15) is 0 Å². The van der Waals surface area contributed by atoms with E-state index in [1.54, 1.807) is 23.9 Å². The van der Waals surface area contributed by atoms with Gasteiger partial charge in [0.1, 0.15) is 0 Å². The second-order valence-corrected chi connectivity index (χ2v) is 5.74. The second kappa shape index (κ2) is 5.70. The third-order valence-electron chi connectivity index (χ3n) is 4.10. The molecule has 0 saturated heterocycles. The molecule has 0 radical (unpaired) electrons. The number of carbonyl (C=O) groups excluding carboxylic acids is 1. The minimum absolute atomic E-state index is 0. The fourth-order valence-corrected chi connectivity index (χ4v) is 2.65. The Hall–Kier alpha value is -1.12. The summed E-state index contributed by atoms with van der Waals surface area (Å²) in [5.41, 5.74) is 2.85. The van der Waals surface area contributed by atoms with Crippen molar-refractivity contribution in [2.45, 2.75) is 38.3 Å². The van der Waals surface area contributed by atoms with Crippen molar-refractivity contribution in [3.63, 3.8) is 0 Å². The number of nitrogens with one attached hydrogen (secondary N) is 1. The second-order valence-electron chi connectivity index (χ2n) is 5.74. The van der Waals surface area contributed by atoms with Crippen molar-refractivity contribution in [2.24, 2.45) is 0 Å². The summed E-state index contributed by atoms with van der Waals surface area (Å²) in [7, 11) is 0. The Morgan fingerprint density at radius 2 is 2.30 bits per heavy atom. The number of rotatable bonds is 4. The maximum Gasteiger partial charge on any atom is -2.00 e. The first-order valence-corrected chi connectivity index (χ1v) is 6.79. The molecule has 2 heterocycles. The van der Waals surface area contributed by atoms with Gasteiger partial charge in [-0.1, -0.05) is 0 Å². The van der Waals surface area contributed by atoms with E-state index in [1.807, 2.05) is 22.9 Å². The molecule has 1 saturated carbocycles. The molecule has 2 aromatic rings. The van der Waals surface area contributed by atoms with Crippen LogP contribution in [0.1, 0.15) is 42.1 Å². The average molecular weight is 265 g/mol. The van der Waals surface area contributed by atoms with Crippen LogP contribution in [-0.2, 0) is 12.0 Å². The number of carbonyl (C=O) groups is 1. The molecular weight excluding hydrogens is 249 g/mol. The SMILES string of the molecule is [Li][C](=O)c1cc(CNC2(C)CCC2)cn2ccnc12.[O-2]. The van der Waals surface area contributed by atoms with Gasteiger partial charge in [0.05, 0.1) is 0 Å². The average Bonchev–Trinajstić information content (AvgIpc) is 2.80. The van der Waals surface area contributed by atoms with Gasteiger partial charge in [0.2, 0.25) is 0 Å². The van der Waals surface area contributed by atoms with E-state index in [0.29, 0.717) is 5.56 Å². The summed E-state index contributed by atoms with van der Waals surface area (Å²) in [6.07, 6.45) is 9.44. The first kappa shape index (κ1) is 15.3. The Bertz CT molecular complexity index is 634. The van der Waals surface area contributed by atoms with E-state index in [1.165, 1.54) is 19.3 Å². The summed E-state index contributed by atoms with van der Waals surface area (Å²) in [4.78, 5) is 15.9. The molecule has 0 atom stereocenters. The van der Waals surface area contributed by atoms with Crippen LogP contribution in [0, 0.1) is 0 Å². The first-order valence-electron chi connectivity index (χ1n) is 6.79. The van der Waals surface area contributed by atoms with Crippen LogP contribution in [0.25, 0.3) is 5.65 Å². The third-order valence-corrected chi connectivity index (χ3v) is 4.10. The molecule has 20 heavy (non-hydrogen) atoms. The third kappa shape index (κ3) is 2.81. The van der Waals surface area contributed by atoms with Crippen LogP contribution < -0.4 is 5.32 Å². The predicted octanol–water partition coefficient (Wildman–Crippen LogP) is 1.56. The normalized spacial score (nSPS) is 16.6. The van der Waals surface area contributed by atoms with Gasteiger partial charge in [0, 0.05) is 0 Å². The largest absolute Gasteiger partial charge is 2.00 e. The molecule has 5 nitrogen and oxygen atoms in total. The molecule has 0 bridgehead atoms. The molecule has 3 rings (SSSR count). The predicted molar refractivity (Wildman–Crippen MR) is 75.1 cm³/mol. The zero-order valence-corrected chi connectivity index (χ0v) is 11.8. The summed E-state index contributed by atoms with van der Waals surface area (Å²) in [6, 6.07) is 1.96. The molecule has 0 aliphatic heterocycles. The maximum absolute atomic E-state index is 11.7. The fraction of sp³-hybridized carbons (Fsp3) is 0.429. The van der Waals surface area contributed by atoms with Crippen LogP contribution in [0.3, 0.4) is 0 Å². The quantitative estimate of drug-likeness (QED) is 0.852. The van der Waals surface area contributed by atoms with Gasteiger partial charge in [-0.25, -0.2) is 0 Å². The minimum atomic E-state index is 0. The fourth-order valence-electron chi connectivity index (χ4n) is 2.65. The van der Waals surface area contributed by atoms with Gasteiger partial charge in [0.15, 0.2) is 0 Å². The van der Waals surface area contributed by atoms with Gasteiger partial charge >= 0.3 is 121 Å². The molecule has 0 amide bonds. The number of nitrogens with zero attached hydrogens (tertiary/aromatic N) is 2. The standard InChI is InChI=1S/C14H16N3O.Li.O/c1-14(3-2-4-14)16-8-11-7-12(10-18)13-15-5-6-17(13)9-11;;/h5-7,9,16H,2-4,8H2,1H3;;/q;;-2. The van der Waals surface area contributed by atoms with Crippen molar-refractivity contribution in [1.82, 2.24) is 14.7 Å². The summed E-state index contributed by atoms with van der Waals surface area (Å²) in [5, 5.41) is 3.59. The summed E-state index contributed by atoms with van der Waals surface area (Å²) in [5.74, 6) is 0. The zero-order valence-electron chi connectivity index (χ0n) is 11.8. The van der Waals surface area contributed by atoms with E-state index in [0.717, 1.165) is 17.8 Å². The van der Waals surface area contributed by atoms with E-state index in [9.17, 15) is 4.79 Å². The van der Waals surface area contributed by atoms with Crippen molar-refractivity contribution in [3.8, 4) is 0 Å². The van der Waals surface area contributed by atoms with Gasteiger partial charge in [-0.15, -0.1) is 0 Å². The number of pyridine rings is 1. The van der Waals surface area contributed by atoms with Crippen molar-refractivity contribution < 1.29 is 10.3 Å². The Balaban J connectivity index is 0.00000147. The number of hydrogen-bond acceptors (Lipinski definition) is 3. The molecule has 1 fully saturated rings. The smallest absolute Gasteiger partial charge is 2.00 e. The summed E-state index contributed by atoms with van der Waals surface area (Å²) >= 11 is 1.59. The van der Waals surface area contributed by atoms with Crippen molar-refractivity contribution in [3.05, 3.63) is 35.8 Å². The summed E-state index contributed by atoms with van der Waals surface area (Å²) in [6.45, 7) is 3.06.